The molecule has 0 amide bonds. The van der Waals surface area contributed by atoms with Gasteiger partial charge in [0.05, 0.1) is 0 Å². The molecule has 2 nitrogen and oxygen atoms in total. The monoisotopic (exact) mass is 242 g/mol. The van der Waals surface area contributed by atoms with Crippen LogP contribution in [0.25, 0.3) is 0 Å². The fraction of sp³-hybridized carbons (Fsp3) is 0.143. The van der Waals surface area contributed by atoms with E-state index in [0.717, 1.165) is 10.6 Å². The van der Waals surface area contributed by atoms with Gasteiger partial charge >= 0.3 is 0 Å². The molecular formula is C14H14N2S. The highest BCUT2D eigenvalue weighted by Gasteiger charge is 2.07. The number of thiocarbonyl (C=S) groups is 1. The fourth-order valence-corrected chi connectivity index (χ4v) is 1.92. The van der Waals surface area contributed by atoms with Crippen LogP contribution in [0.5, 0.6) is 0 Å². The molecule has 17 heavy (non-hydrogen) atoms. The van der Waals surface area contributed by atoms with E-state index in [4.69, 9.17) is 12.2 Å². The summed E-state index contributed by atoms with van der Waals surface area (Å²) in [6.07, 6.45) is 3.49. The second-order valence-corrected chi connectivity index (χ2v) is 4.25. The molecule has 0 aliphatic carbocycles. The van der Waals surface area contributed by atoms with E-state index in [9.17, 15) is 0 Å². The van der Waals surface area contributed by atoms with Crippen LogP contribution in [-0.2, 0) is 0 Å². The lowest BCUT2D eigenvalue weighted by Gasteiger charge is -2.16. The molecule has 86 valence electrons. The van der Waals surface area contributed by atoms with Crippen molar-refractivity contribution in [2.45, 2.75) is 13.0 Å². The predicted octanol–water partition coefficient (Wildman–Crippen LogP) is 3.11. The van der Waals surface area contributed by atoms with Gasteiger partial charge in [-0.15, -0.1) is 0 Å². The Balaban J connectivity index is 2.05. The summed E-state index contributed by atoms with van der Waals surface area (Å²) in [5, 5.41) is 3.32. The summed E-state index contributed by atoms with van der Waals surface area (Å²) >= 11 is 5.36. The third-order valence-electron chi connectivity index (χ3n) is 2.59. The Labute approximate surface area is 107 Å². The number of hydrogen-bond acceptors (Lipinski definition) is 2. The van der Waals surface area contributed by atoms with Gasteiger partial charge in [0.25, 0.3) is 0 Å². The van der Waals surface area contributed by atoms with E-state index in [1.54, 1.807) is 12.4 Å². The number of aromatic nitrogens is 1. The standard InChI is InChI=1S/C14H14N2S/c1-11(12-5-3-2-4-6-12)16-14(17)13-7-9-15-10-8-13/h2-11H,1H3,(H,16,17)/t11-/m0/s1. The van der Waals surface area contributed by atoms with Gasteiger partial charge in [0, 0.05) is 24.0 Å². The zero-order valence-electron chi connectivity index (χ0n) is 9.63. The van der Waals surface area contributed by atoms with Crippen LogP contribution in [0.4, 0.5) is 0 Å². The maximum atomic E-state index is 5.36. The highest BCUT2D eigenvalue weighted by molar-refractivity contribution is 7.80. The van der Waals surface area contributed by atoms with Crippen molar-refractivity contribution in [1.82, 2.24) is 10.3 Å². The lowest BCUT2D eigenvalue weighted by atomic mass is 10.1. The van der Waals surface area contributed by atoms with Gasteiger partial charge < -0.3 is 5.32 Å². The molecule has 1 N–H and O–H groups in total. The first-order chi connectivity index (χ1) is 8.27. The van der Waals surface area contributed by atoms with Crippen LogP contribution in [0.15, 0.2) is 54.9 Å². The molecule has 2 aromatic rings. The normalized spacial score (nSPS) is 11.8. The molecule has 0 unspecified atom stereocenters. The number of benzene rings is 1. The van der Waals surface area contributed by atoms with Gasteiger partial charge in [-0.05, 0) is 24.6 Å². The first-order valence-corrected chi connectivity index (χ1v) is 5.94. The molecule has 1 aromatic heterocycles. The molecule has 0 bridgehead atoms. The minimum absolute atomic E-state index is 0.205. The molecule has 0 saturated carbocycles. The van der Waals surface area contributed by atoms with E-state index in [-0.39, 0.29) is 6.04 Å². The van der Waals surface area contributed by atoms with Crippen LogP contribution in [0.3, 0.4) is 0 Å². The SMILES string of the molecule is C[C@H](NC(=S)c1ccncc1)c1ccccc1. The molecular weight excluding hydrogens is 228 g/mol. The van der Waals surface area contributed by atoms with Gasteiger partial charge in [0.15, 0.2) is 0 Å². The number of pyridine rings is 1. The van der Waals surface area contributed by atoms with Crippen molar-refractivity contribution >= 4 is 17.2 Å². The molecule has 0 aliphatic rings. The average Bonchev–Trinajstić information content (AvgIpc) is 2.40. The Morgan fingerprint density at radius 1 is 1.12 bits per heavy atom. The van der Waals surface area contributed by atoms with Crippen LogP contribution in [0.1, 0.15) is 24.1 Å². The second-order valence-electron chi connectivity index (χ2n) is 3.84. The third-order valence-corrected chi connectivity index (χ3v) is 2.94. The third kappa shape index (κ3) is 3.11. The van der Waals surface area contributed by atoms with E-state index < -0.39 is 0 Å². The van der Waals surface area contributed by atoms with Crippen molar-refractivity contribution in [3.05, 3.63) is 66.0 Å². The average molecular weight is 242 g/mol. The molecule has 0 spiro atoms. The van der Waals surface area contributed by atoms with Crippen molar-refractivity contribution in [2.24, 2.45) is 0 Å². The van der Waals surface area contributed by atoms with Crippen LogP contribution in [0, 0.1) is 0 Å². The largest absolute Gasteiger partial charge is 0.369 e. The van der Waals surface area contributed by atoms with Crippen molar-refractivity contribution < 1.29 is 0 Å². The molecule has 0 fully saturated rings. The van der Waals surface area contributed by atoms with Gasteiger partial charge in [0.2, 0.25) is 0 Å². The highest BCUT2D eigenvalue weighted by Crippen LogP contribution is 2.12. The Hall–Kier alpha value is -1.74. The Morgan fingerprint density at radius 2 is 1.76 bits per heavy atom. The highest BCUT2D eigenvalue weighted by atomic mass is 32.1. The van der Waals surface area contributed by atoms with E-state index in [0.29, 0.717) is 0 Å². The van der Waals surface area contributed by atoms with Gasteiger partial charge in [-0.1, -0.05) is 42.5 Å². The number of nitrogens with one attached hydrogen (secondary N) is 1. The zero-order chi connectivity index (χ0) is 12.1. The smallest absolute Gasteiger partial charge is 0.107 e. The van der Waals surface area contributed by atoms with Crippen LogP contribution in [0.2, 0.25) is 0 Å². The van der Waals surface area contributed by atoms with Crippen LogP contribution < -0.4 is 5.32 Å². The summed E-state index contributed by atoms with van der Waals surface area (Å²) < 4.78 is 0. The van der Waals surface area contributed by atoms with Crippen molar-refractivity contribution in [1.29, 1.82) is 0 Å². The number of nitrogens with zero attached hydrogens (tertiary/aromatic N) is 1. The van der Waals surface area contributed by atoms with Crippen molar-refractivity contribution in [3.8, 4) is 0 Å². The van der Waals surface area contributed by atoms with Crippen LogP contribution >= 0.6 is 12.2 Å². The topological polar surface area (TPSA) is 24.9 Å². The van der Waals surface area contributed by atoms with Gasteiger partial charge in [-0.2, -0.15) is 0 Å². The van der Waals surface area contributed by atoms with E-state index in [1.165, 1.54) is 5.56 Å². The summed E-state index contributed by atoms with van der Waals surface area (Å²) in [6, 6.07) is 14.3. The first kappa shape index (κ1) is 11.7. The Bertz CT molecular complexity index is 482. The maximum absolute atomic E-state index is 5.36. The fourth-order valence-electron chi connectivity index (χ4n) is 1.61. The summed E-state index contributed by atoms with van der Waals surface area (Å²) in [4.78, 5) is 4.73. The van der Waals surface area contributed by atoms with Crippen LogP contribution in [-0.4, -0.2) is 9.97 Å². The Kier molecular flexibility index (Phi) is 3.83. The van der Waals surface area contributed by atoms with Gasteiger partial charge in [-0.3, -0.25) is 4.98 Å². The first-order valence-electron chi connectivity index (χ1n) is 5.53. The summed E-state index contributed by atoms with van der Waals surface area (Å²) in [5.41, 5.74) is 2.22. The zero-order valence-corrected chi connectivity index (χ0v) is 10.4. The van der Waals surface area contributed by atoms with E-state index in [1.807, 2.05) is 30.3 Å². The minimum Gasteiger partial charge on any atom is -0.369 e. The molecule has 0 saturated heterocycles. The van der Waals surface area contributed by atoms with E-state index in [2.05, 4.69) is 29.4 Å². The van der Waals surface area contributed by atoms with Crippen molar-refractivity contribution in [2.75, 3.05) is 0 Å². The molecule has 3 heteroatoms. The summed E-state index contributed by atoms with van der Waals surface area (Å²) in [5.74, 6) is 0. The number of hydrogen-bond donors (Lipinski definition) is 1. The molecule has 0 radical (unpaired) electrons. The summed E-state index contributed by atoms with van der Waals surface area (Å²) in [6.45, 7) is 2.10. The second kappa shape index (κ2) is 5.55. The summed E-state index contributed by atoms with van der Waals surface area (Å²) in [7, 11) is 0. The van der Waals surface area contributed by atoms with Gasteiger partial charge in [-0.25, -0.2) is 0 Å². The van der Waals surface area contributed by atoms with Crippen molar-refractivity contribution in [3.63, 3.8) is 0 Å². The Morgan fingerprint density at radius 3 is 2.41 bits per heavy atom. The molecule has 1 heterocycles. The lowest BCUT2D eigenvalue weighted by molar-refractivity contribution is 0.724. The molecule has 1 aromatic carbocycles. The quantitative estimate of drug-likeness (QED) is 0.837. The predicted molar refractivity (Wildman–Crippen MR) is 73.9 cm³/mol. The van der Waals surface area contributed by atoms with E-state index >= 15 is 0 Å². The molecule has 1 atom stereocenters. The number of rotatable bonds is 3. The maximum Gasteiger partial charge on any atom is 0.107 e. The molecule has 0 aliphatic heterocycles. The molecule has 2 rings (SSSR count). The lowest BCUT2D eigenvalue weighted by Crippen LogP contribution is -2.25. The minimum atomic E-state index is 0.205. The van der Waals surface area contributed by atoms with Gasteiger partial charge in [0.1, 0.15) is 4.99 Å².